The van der Waals surface area contributed by atoms with Gasteiger partial charge in [-0.1, -0.05) is 68.1 Å². The lowest BCUT2D eigenvalue weighted by atomic mass is 10.0. The highest BCUT2D eigenvalue weighted by Gasteiger charge is 2.20. The maximum absolute atomic E-state index is 13.6. The van der Waals surface area contributed by atoms with Crippen LogP contribution in [0.15, 0.2) is 82.7 Å². The molecule has 0 unspecified atom stereocenters. The van der Waals surface area contributed by atoms with Crippen molar-refractivity contribution in [2.75, 3.05) is 0 Å². The van der Waals surface area contributed by atoms with Gasteiger partial charge in [0, 0.05) is 5.75 Å². The summed E-state index contributed by atoms with van der Waals surface area (Å²) in [6.45, 7) is 4.23. The molecule has 2 heterocycles. The molecular formula is C26H21N5OS. The van der Waals surface area contributed by atoms with Gasteiger partial charge in [-0.15, -0.1) is 10.2 Å². The minimum absolute atomic E-state index is 0.114. The SMILES string of the molecule is CC(C)c1ccccc1-n1c(=O)c2ccccc2n2c(SCc3cccc(C#N)c3)nnc12. The van der Waals surface area contributed by atoms with Crippen LogP contribution in [0.25, 0.3) is 22.4 Å². The molecule has 3 aromatic carbocycles. The lowest BCUT2D eigenvalue weighted by Gasteiger charge is -2.16. The largest absolute Gasteiger partial charge is 0.268 e. The summed E-state index contributed by atoms with van der Waals surface area (Å²) in [4.78, 5) is 13.6. The van der Waals surface area contributed by atoms with E-state index in [9.17, 15) is 10.1 Å². The van der Waals surface area contributed by atoms with Gasteiger partial charge in [0.15, 0.2) is 5.16 Å². The molecule has 0 amide bonds. The Hall–Kier alpha value is -3.89. The molecule has 0 fully saturated rings. The van der Waals surface area contributed by atoms with Crippen molar-refractivity contribution in [3.8, 4) is 11.8 Å². The van der Waals surface area contributed by atoms with E-state index in [0.29, 0.717) is 27.6 Å². The number of nitrogens with zero attached hydrogens (tertiary/aromatic N) is 5. The third kappa shape index (κ3) is 3.69. The molecule has 162 valence electrons. The number of thioether (sulfide) groups is 1. The minimum Gasteiger partial charge on any atom is -0.268 e. The number of aromatic nitrogens is 4. The number of nitriles is 1. The molecular weight excluding hydrogens is 430 g/mol. The Bertz CT molecular complexity index is 1590. The zero-order valence-electron chi connectivity index (χ0n) is 18.3. The van der Waals surface area contributed by atoms with Gasteiger partial charge in [0.05, 0.1) is 28.2 Å². The highest BCUT2D eigenvalue weighted by molar-refractivity contribution is 7.98. The van der Waals surface area contributed by atoms with Crippen molar-refractivity contribution in [3.63, 3.8) is 0 Å². The molecule has 2 aromatic heterocycles. The molecule has 5 rings (SSSR count). The van der Waals surface area contributed by atoms with Gasteiger partial charge in [-0.05, 0) is 47.4 Å². The third-order valence-corrected chi connectivity index (χ3v) is 6.62. The Morgan fingerprint density at radius 2 is 1.79 bits per heavy atom. The van der Waals surface area contributed by atoms with Crippen molar-refractivity contribution in [1.29, 1.82) is 5.26 Å². The van der Waals surface area contributed by atoms with Crippen molar-refractivity contribution in [1.82, 2.24) is 19.2 Å². The molecule has 6 nitrogen and oxygen atoms in total. The normalized spacial score (nSPS) is 11.3. The summed E-state index contributed by atoms with van der Waals surface area (Å²) in [5.41, 5.74) is 4.20. The van der Waals surface area contributed by atoms with E-state index in [1.165, 1.54) is 11.8 Å². The molecule has 0 aliphatic rings. The summed E-state index contributed by atoms with van der Waals surface area (Å²) in [5, 5.41) is 19.4. The minimum atomic E-state index is -0.114. The van der Waals surface area contributed by atoms with Crippen LogP contribution in [0.4, 0.5) is 0 Å². The predicted molar refractivity (Wildman–Crippen MR) is 131 cm³/mol. The van der Waals surface area contributed by atoms with Crippen LogP contribution in [0.1, 0.15) is 36.5 Å². The molecule has 0 spiro atoms. The van der Waals surface area contributed by atoms with Crippen molar-refractivity contribution < 1.29 is 0 Å². The first-order valence-corrected chi connectivity index (χ1v) is 11.7. The highest BCUT2D eigenvalue weighted by atomic mass is 32.2. The first kappa shape index (κ1) is 21.0. The summed E-state index contributed by atoms with van der Waals surface area (Å²) in [6, 6.07) is 25.2. The van der Waals surface area contributed by atoms with Crippen LogP contribution in [0.5, 0.6) is 0 Å². The summed E-state index contributed by atoms with van der Waals surface area (Å²) < 4.78 is 3.62. The Labute approximate surface area is 195 Å². The van der Waals surface area contributed by atoms with Crippen LogP contribution < -0.4 is 5.56 Å². The second kappa shape index (κ2) is 8.57. The molecule has 0 bridgehead atoms. The number of fused-ring (bicyclic) bond motifs is 3. The van der Waals surface area contributed by atoms with Gasteiger partial charge in [-0.3, -0.25) is 9.20 Å². The summed E-state index contributed by atoms with van der Waals surface area (Å²) in [5.74, 6) is 1.36. The van der Waals surface area contributed by atoms with Crippen molar-refractivity contribution in [2.24, 2.45) is 0 Å². The van der Waals surface area contributed by atoms with Crippen LogP contribution in [-0.2, 0) is 5.75 Å². The molecule has 0 aliphatic heterocycles. The van der Waals surface area contributed by atoms with E-state index in [4.69, 9.17) is 0 Å². The maximum Gasteiger partial charge on any atom is 0.267 e. The van der Waals surface area contributed by atoms with Gasteiger partial charge in [-0.2, -0.15) is 5.26 Å². The topological polar surface area (TPSA) is 76.0 Å². The fourth-order valence-corrected chi connectivity index (χ4v) is 4.93. The molecule has 5 aromatic rings. The molecule has 0 radical (unpaired) electrons. The van der Waals surface area contributed by atoms with Gasteiger partial charge >= 0.3 is 0 Å². The zero-order chi connectivity index (χ0) is 22.9. The second-order valence-electron chi connectivity index (χ2n) is 8.09. The highest BCUT2D eigenvalue weighted by Crippen LogP contribution is 2.28. The van der Waals surface area contributed by atoms with Crippen LogP contribution in [0.3, 0.4) is 0 Å². The van der Waals surface area contributed by atoms with E-state index in [-0.39, 0.29) is 11.5 Å². The average molecular weight is 452 g/mol. The number of para-hydroxylation sites is 2. The van der Waals surface area contributed by atoms with Crippen molar-refractivity contribution in [3.05, 3.63) is 99.8 Å². The first-order valence-electron chi connectivity index (χ1n) is 10.7. The average Bonchev–Trinajstić information content (AvgIpc) is 3.27. The van der Waals surface area contributed by atoms with Crippen molar-refractivity contribution in [2.45, 2.75) is 30.7 Å². The zero-order valence-corrected chi connectivity index (χ0v) is 19.1. The fraction of sp³-hybridized carbons (Fsp3) is 0.154. The van der Waals surface area contributed by atoms with Gasteiger partial charge in [0.1, 0.15) is 0 Å². The summed E-state index contributed by atoms with van der Waals surface area (Å²) in [7, 11) is 0. The molecule has 0 aliphatic carbocycles. The second-order valence-corrected chi connectivity index (χ2v) is 9.03. The molecule has 0 atom stereocenters. The van der Waals surface area contributed by atoms with Gasteiger partial charge in [0.25, 0.3) is 5.56 Å². The van der Waals surface area contributed by atoms with E-state index in [2.05, 4.69) is 30.1 Å². The van der Waals surface area contributed by atoms with E-state index in [1.807, 2.05) is 71.1 Å². The van der Waals surface area contributed by atoms with E-state index < -0.39 is 0 Å². The van der Waals surface area contributed by atoms with Crippen LogP contribution in [-0.4, -0.2) is 19.2 Å². The van der Waals surface area contributed by atoms with E-state index in [1.54, 1.807) is 10.6 Å². The van der Waals surface area contributed by atoms with E-state index >= 15 is 0 Å². The van der Waals surface area contributed by atoms with Crippen LogP contribution in [0.2, 0.25) is 0 Å². The van der Waals surface area contributed by atoms with Crippen LogP contribution >= 0.6 is 11.8 Å². The van der Waals surface area contributed by atoms with Gasteiger partial charge in [0.2, 0.25) is 5.78 Å². The lowest BCUT2D eigenvalue weighted by Crippen LogP contribution is -2.23. The Morgan fingerprint density at radius 3 is 2.61 bits per heavy atom. The van der Waals surface area contributed by atoms with Crippen molar-refractivity contribution >= 4 is 28.4 Å². The smallest absolute Gasteiger partial charge is 0.267 e. The molecule has 33 heavy (non-hydrogen) atoms. The first-order chi connectivity index (χ1) is 16.1. The summed E-state index contributed by atoms with van der Waals surface area (Å²) >= 11 is 1.53. The Kier molecular flexibility index (Phi) is 5.45. The Balaban J connectivity index is 1.72. The molecule has 7 heteroatoms. The number of rotatable bonds is 5. The monoisotopic (exact) mass is 451 g/mol. The standard InChI is InChI=1S/C26H21N5OS/c1-17(2)20-10-3-5-12-22(20)30-24(32)21-11-4-6-13-23(21)31-25(30)28-29-26(31)33-16-19-9-7-8-18(14-19)15-27/h3-14,17H,16H2,1-2H3. The van der Waals surface area contributed by atoms with Gasteiger partial charge < -0.3 is 0 Å². The quantitative estimate of drug-likeness (QED) is 0.338. The van der Waals surface area contributed by atoms with Gasteiger partial charge in [-0.25, -0.2) is 4.57 Å². The molecule has 0 N–H and O–H groups in total. The molecule has 0 saturated heterocycles. The van der Waals surface area contributed by atoms with Crippen LogP contribution in [0, 0.1) is 11.3 Å². The number of benzene rings is 3. The Morgan fingerprint density at radius 1 is 1.00 bits per heavy atom. The number of hydrogen-bond acceptors (Lipinski definition) is 5. The number of hydrogen-bond donors (Lipinski definition) is 0. The molecule has 0 saturated carbocycles. The predicted octanol–water partition coefficient (Wildman–Crippen LogP) is 5.32. The lowest BCUT2D eigenvalue weighted by molar-refractivity contribution is 0.837. The third-order valence-electron chi connectivity index (χ3n) is 5.62. The maximum atomic E-state index is 13.6. The summed E-state index contributed by atoms with van der Waals surface area (Å²) in [6.07, 6.45) is 0. The fourth-order valence-electron chi connectivity index (χ4n) is 4.05. The van der Waals surface area contributed by atoms with E-state index in [0.717, 1.165) is 22.3 Å².